The summed E-state index contributed by atoms with van der Waals surface area (Å²) in [4.78, 5) is 0. The summed E-state index contributed by atoms with van der Waals surface area (Å²) in [5.74, 6) is 0. The smallest absolute Gasteiger partial charge is 0.0668 e. The van der Waals surface area contributed by atoms with Gasteiger partial charge in [-0.2, -0.15) is 0 Å². The van der Waals surface area contributed by atoms with Gasteiger partial charge in [0.15, 0.2) is 0 Å². The zero-order valence-corrected chi connectivity index (χ0v) is 33.7. The normalized spacial score (nSPS) is 18.9. The van der Waals surface area contributed by atoms with E-state index in [0.29, 0.717) is 0 Å². The Labute approximate surface area is 317 Å². The molecule has 270 valence electrons. The van der Waals surface area contributed by atoms with Crippen molar-refractivity contribution < 1.29 is 0 Å². The van der Waals surface area contributed by atoms with Crippen LogP contribution in [0.25, 0.3) is 27.8 Å². The van der Waals surface area contributed by atoms with Crippen LogP contribution in [0.4, 0.5) is 0 Å². The van der Waals surface area contributed by atoms with E-state index < -0.39 is 5.41 Å². The lowest BCUT2D eigenvalue weighted by Crippen LogP contribution is -2.29. The van der Waals surface area contributed by atoms with E-state index in [9.17, 15) is 0 Å². The number of rotatable bonds is 11. The van der Waals surface area contributed by atoms with Gasteiger partial charge in [-0.05, 0) is 113 Å². The van der Waals surface area contributed by atoms with Crippen molar-refractivity contribution in [1.82, 2.24) is 0 Å². The van der Waals surface area contributed by atoms with Gasteiger partial charge in [0.2, 0.25) is 0 Å². The average Bonchev–Trinajstić information content (AvgIpc) is 3.61. The predicted molar refractivity (Wildman–Crippen MR) is 232 cm³/mol. The van der Waals surface area contributed by atoms with Crippen LogP contribution in [0.3, 0.4) is 0 Å². The molecule has 0 saturated carbocycles. The summed E-state index contributed by atoms with van der Waals surface area (Å²) >= 11 is 0. The first kappa shape index (κ1) is 40.1. The molecule has 2 aliphatic rings. The van der Waals surface area contributed by atoms with Crippen molar-refractivity contribution in [3.8, 4) is 22.3 Å². The number of allylic oxidation sites excluding steroid dienone is 11. The summed E-state index contributed by atoms with van der Waals surface area (Å²) in [6, 6.07) is 34.3. The van der Waals surface area contributed by atoms with Gasteiger partial charge in [-0.3, -0.25) is 0 Å². The molecule has 0 radical (unpaired) electrons. The van der Waals surface area contributed by atoms with E-state index in [1.165, 1.54) is 66.8 Å². The molecule has 0 saturated heterocycles. The van der Waals surface area contributed by atoms with Crippen molar-refractivity contribution >= 4 is 5.57 Å². The first-order chi connectivity index (χ1) is 25.4. The second-order valence-corrected chi connectivity index (χ2v) is 13.4. The lowest BCUT2D eigenvalue weighted by Gasteiger charge is -2.35. The Hall–Kier alpha value is -4.68. The molecule has 0 fully saturated rings. The molecule has 0 nitrogen and oxygen atoms in total. The third-order valence-electron chi connectivity index (χ3n) is 10.8. The van der Waals surface area contributed by atoms with Crippen molar-refractivity contribution in [2.75, 3.05) is 0 Å². The molecule has 4 aromatic carbocycles. The molecular weight excluding hydrogens is 625 g/mol. The van der Waals surface area contributed by atoms with Gasteiger partial charge in [-0.1, -0.05) is 195 Å². The predicted octanol–water partition coefficient (Wildman–Crippen LogP) is 15.6. The summed E-state index contributed by atoms with van der Waals surface area (Å²) in [5.41, 5.74) is 16.6. The van der Waals surface area contributed by atoms with Crippen molar-refractivity contribution in [2.24, 2.45) is 0 Å². The number of hydrogen-bond donors (Lipinski definition) is 0. The Bertz CT molecular complexity index is 1990. The Morgan fingerprint density at radius 3 is 2.04 bits per heavy atom. The molecule has 0 aliphatic heterocycles. The van der Waals surface area contributed by atoms with E-state index in [4.69, 9.17) is 6.58 Å². The maximum absolute atomic E-state index is 4.78. The molecule has 2 aliphatic carbocycles. The molecule has 0 amide bonds. The number of benzene rings is 4. The van der Waals surface area contributed by atoms with Gasteiger partial charge < -0.3 is 0 Å². The van der Waals surface area contributed by atoms with E-state index in [-0.39, 0.29) is 5.41 Å². The van der Waals surface area contributed by atoms with E-state index >= 15 is 0 Å². The van der Waals surface area contributed by atoms with Crippen LogP contribution >= 0.6 is 0 Å². The van der Waals surface area contributed by atoms with E-state index in [1.54, 1.807) is 0 Å². The fourth-order valence-electron chi connectivity index (χ4n) is 8.58. The van der Waals surface area contributed by atoms with E-state index in [2.05, 4.69) is 175 Å². The van der Waals surface area contributed by atoms with E-state index in [1.807, 2.05) is 27.7 Å². The first-order valence-electron chi connectivity index (χ1n) is 19.9. The highest BCUT2D eigenvalue weighted by molar-refractivity contribution is 5.97. The second kappa shape index (κ2) is 18.2. The van der Waals surface area contributed by atoms with Crippen LogP contribution in [0.15, 0.2) is 157 Å². The quantitative estimate of drug-likeness (QED) is 0.109. The lowest BCUT2D eigenvalue weighted by atomic mass is 9.67. The molecule has 2 unspecified atom stereocenters. The minimum absolute atomic E-state index is 0.164. The Balaban J connectivity index is 0.00000146. The molecule has 4 aromatic rings. The molecule has 0 aromatic heterocycles. The fourth-order valence-corrected chi connectivity index (χ4v) is 8.58. The number of hydrogen-bond acceptors (Lipinski definition) is 0. The van der Waals surface area contributed by atoms with Crippen molar-refractivity contribution in [3.63, 3.8) is 0 Å². The largest absolute Gasteiger partial charge is 0.0942 e. The van der Waals surface area contributed by atoms with Gasteiger partial charge in [0.05, 0.1) is 5.41 Å². The van der Waals surface area contributed by atoms with Gasteiger partial charge in [0, 0.05) is 5.41 Å². The van der Waals surface area contributed by atoms with Crippen LogP contribution in [-0.4, -0.2) is 0 Å². The first-order valence-corrected chi connectivity index (χ1v) is 19.9. The maximum Gasteiger partial charge on any atom is 0.0668 e. The molecule has 52 heavy (non-hydrogen) atoms. The summed E-state index contributed by atoms with van der Waals surface area (Å²) in [5, 5.41) is 0. The molecule has 0 heterocycles. The van der Waals surface area contributed by atoms with Crippen molar-refractivity contribution in [3.05, 3.63) is 185 Å². The molecule has 0 spiro atoms. The Kier molecular flexibility index (Phi) is 14.0. The monoisotopic (exact) mass is 686 g/mol. The zero-order chi connectivity index (χ0) is 37.9. The van der Waals surface area contributed by atoms with Gasteiger partial charge in [-0.25, -0.2) is 0 Å². The standard InChI is InChI=1S/C48H50.2C2H6/c1-8-12-15-23-34(5)48(38-24-16-14-17-25-38)35(6)39(26-13-9-2)46-40(28-20-30-44(46)48)36-31-32-42-41-27-18-19-29-43(41)47(7,45(42)33-36)37(21-10-3)22-11-4;2*1-2/h8,12-21,23-33H,5,9-11,22H2,1-4,6-7H3;2*1-2H3/b12-8-,23-15-,26-13-,37-21+;;. The van der Waals surface area contributed by atoms with Crippen LogP contribution in [0.1, 0.15) is 123 Å². The van der Waals surface area contributed by atoms with Crippen LogP contribution in [0.5, 0.6) is 0 Å². The highest BCUT2D eigenvalue weighted by Crippen LogP contribution is 2.58. The molecule has 6 rings (SSSR count). The van der Waals surface area contributed by atoms with Crippen LogP contribution in [-0.2, 0) is 10.8 Å². The van der Waals surface area contributed by atoms with Gasteiger partial charge in [0.25, 0.3) is 0 Å². The van der Waals surface area contributed by atoms with Crippen molar-refractivity contribution in [2.45, 2.75) is 106 Å². The third kappa shape index (κ3) is 6.81. The Morgan fingerprint density at radius 1 is 0.712 bits per heavy atom. The molecule has 2 atom stereocenters. The second-order valence-electron chi connectivity index (χ2n) is 13.4. The zero-order valence-electron chi connectivity index (χ0n) is 33.7. The Morgan fingerprint density at radius 2 is 1.37 bits per heavy atom. The van der Waals surface area contributed by atoms with Gasteiger partial charge >= 0.3 is 0 Å². The topological polar surface area (TPSA) is 0 Å². The molecule has 0 heteroatoms. The number of fused-ring (bicyclic) bond motifs is 4. The summed E-state index contributed by atoms with van der Waals surface area (Å²) in [6.07, 6.45) is 19.9. The maximum atomic E-state index is 4.78. The lowest BCUT2D eigenvalue weighted by molar-refractivity contribution is 0.641. The van der Waals surface area contributed by atoms with Gasteiger partial charge in [-0.15, -0.1) is 0 Å². The molecule has 0 N–H and O–H groups in total. The summed E-state index contributed by atoms with van der Waals surface area (Å²) in [6.45, 7) is 26.4. The highest BCUT2D eigenvalue weighted by Gasteiger charge is 2.47. The van der Waals surface area contributed by atoms with Crippen LogP contribution in [0.2, 0.25) is 0 Å². The minimum atomic E-state index is -0.474. The minimum Gasteiger partial charge on any atom is -0.0942 e. The van der Waals surface area contributed by atoms with Crippen LogP contribution in [0, 0.1) is 0 Å². The third-order valence-corrected chi connectivity index (χ3v) is 10.8. The highest BCUT2D eigenvalue weighted by atomic mass is 14.5. The van der Waals surface area contributed by atoms with Crippen LogP contribution < -0.4 is 0 Å². The molecule has 0 bridgehead atoms. The fraction of sp³-hybridized carbons (Fsp3) is 0.308. The summed E-state index contributed by atoms with van der Waals surface area (Å²) < 4.78 is 0. The van der Waals surface area contributed by atoms with E-state index in [0.717, 1.165) is 31.3 Å². The SMILES string of the molecule is C=C(/C=C\C=C/C)C1(c2ccccc2)C(C)=C(/C=C\CC)c2c(-c3ccc4c(c3)C(C)(/C(=C/CC)CCC)c3ccccc3-4)cccc21.CC.CC. The summed E-state index contributed by atoms with van der Waals surface area (Å²) in [7, 11) is 0. The van der Waals surface area contributed by atoms with Gasteiger partial charge in [0.1, 0.15) is 0 Å². The van der Waals surface area contributed by atoms with Crippen molar-refractivity contribution in [1.29, 1.82) is 0 Å². The molecular formula is C52H62. The average molecular weight is 687 g/mol.